The molecule has 0 aliphatic heterocycles. The molecule has 2 heteroatoms. The van der Waals surface area contributed by atoms with Crippen molar-refractivity contribution in [2.45, 2.75) is 19.8 Å². The summed E-state index contributed by atoms with van der Waals surface area (Å²) in [5.74, 6) is 0.696. The molecule has 1 aromatic rings. The first-order chi connectivity index (χ1) is 6.36. The number of alkyl halides is 1. The molecule has 0 saturated heterocycles. The molecule has 72 valence electrons. The van der Waals surface area contributed by atoms with Crippen LogP contribution >= 0.6 is 11.6 Å². The Morgan fingerprint density at radius 3 is 2.46 bits per heavy atom. The van der Waals surface area contributed by atoms with E-state index in [0.29, 0.717) is 5.88 Å². The molecule has 13 heavy (non-hydrogen) atoms. The highest BCUT2D eigenvalue weighted by molar-refractivity contribution is 6.17. The van der Waals surface area contributed by atoms with Crippen molar-refractivity contribution in [2.24, 2.45) is 0 Å². The number of benzene rings is 1. The smallest absolute Gasteiger partial charge is 0.0340 e. The molecule has 0 radical (unpaired) electrons. The van der Waals surface area contributed by atoms with Gasteiger partial charge in [0.2, 0.25) is 0 Å². The van der Waals surface area contributed by atoms with Crippen LogP contribution in [0.15, 0.2) is 24.3 Å². The summed E-state index contributed by atoms with van der Waals surface area (Å²) < 4.78 is 0. The van der Waals surface area contributed by atoms with Crippen molar-refractivity contribution < 1.29 is 0 Å². The van der Waals surface area contributed by atoms with Crippen molar-refractivity contribution in [1.82, 2.24) is 0 Å². The number of halogens is 1. The van der Waals surface area contributed by atoms with Gasteiger partial charge in [0.1, 0.15) is 0 Å². The van der Waals surface area contributed by atoms with Crippen LogP contribution in [-0.4, -0.2) is 12.4 Å². The van der Waals surface area contributed by atoms with E-state index in [1.165, 1.54) is 11.3 Å². The second-order valence-electron chi connectivity index (χ2n) is 3.06. The van der Waals surface area contributed by atoms with Crippen molar-refractivity contribution in [3.63, 3.8) is 0 Å². The second kappa shape index (κ2) is 5.87. The minimum Gasteiger partial charge on any atom is -0.385 e. The van der Waals surface area contributed by atoms with Crippen molar-refractivity contribution in [3.8, 4) is 0 Å². The highest BCUT2D eigenvalue weighted by atomic mass is 35.5. The van der Waals surface area contributed by atoms with Gasteiger partial charge in [-0.25, -0.2) is 0 Å². The van der Waals surface area contributed by atoms with Crippen molar-refractivity contribution in [1.29, 1.82) is 0 Å². The summed E-state index contributed by atoms with van der Waals surface area (Å²) in [5, 5.41) is 3.33. The highest BCUT2D eigenvalue weighted by Crippen LogP contribution is 2.10. The summed E-state index contributed by atoms with van der Waals surface area (Å²) in [6, 6.07) is 8.47. The van der Waals surface area contributed by atoms with Gasteiger partial charge in [0.25, 0.3) is 0 Å². The maximum atomic E-state index is 5.64. The van der Waals surface area contributed by atoms with E-state index in [1.807, 2.05) is 0 Å². The Hall–Kier alpha value is -0.690. The SMILES string of the molecule is CCCNc1ccc(CCCl)cc1. The average Bonchev–Trinajstić information content (AvgIpc) is 2.17. The van der Waals surface area contributed by atoms with Crippen LogP contribution in [0.1, 0.15) is 18.9 Å². The van der Waals surface area contributed by atoms with Crippen LogP contribution in [0.25, 0.3) is 0 Å². The molecule has 0 unspecified atom stereocenters. The van der Waals surface area contributed by atoms with Gasteiger partial charge in [-0.1, -0.05) is 19.1 Å². The maximum absolute atomic E-state index is 5.64. The van der Waals surface area contributed by atoms with E-state index in [9.17, 15) is 0 Å². The lowest BCUT2D eigenvalue weighted by molar-refractivity contribution is 0.979. The Morgan fingerprint density at radius 2 is 1.92 bits per heavy atom. The van der Waals surface area contributed by atoms with E-state index < -0.39 is 0 Å². The van der Waals surface area contributed by atoms with Gasteiger partial charge in [0.15, 0.2) is 0 Å². The van der Waals surface area contributed by atoms with E-state index in [0.717, 1.165) is 19.4 Å². The lowest BCUT2D eigenvalue weighted by Gasteiger charge is -2.05. The van der Waals surface area contributed by atoms with E-state index >= 15 is 0 Å². The molecule has 0 saturated carbocycles. The van der Waals surface area contributed by atoms with Gasteiger partial charge >= 0.3 is 0 Å². The van der Waals surface area contributed by atoms with Gasteiger partial charge in [-0.2, -0.15) is 0 Å². The first-order valence-corrected chi connectivity index (χ1v) is 5.29. The summed E-state index contributed by atoms with van der Waals surface area (Å²) in [6.07, 6.45) is 2.11. The number of hydrogen-bond acceptors (Lipinski definition) is 1. The standard InChI is InChI=1S/C11H16ClN/c1-2-9-13-11-5-3-10(4-6-11)7-8-12/h3-6,13H,2,7-9H2,1H3. The van der Waals surface area contributed by atoms with E-state index in [2.05, 4.69) is 36.5 Å². The van der Waals surface area contributed by atoms with Crippen LogP contribution in [0, 0.1) is 0 Å². The number of anilines is 1. The van der Waals surface area contributed by atoms with Gasteiger partial charge in [-0.05, 0) is 30.5 Å². The fraction of sp³-hybridized carbons (Fsp3) is 0.455. The van der Waals surface area contributed by atoms with Gasteiger partial charge in [0.05, 0.1) is 0 Å². The average molecular weight is 198 g/mol. The van der Waals surface area contributed by atoms with Gasteiger partial charge in [0, 0.05) is 18.1 Å². The Balaban J connectivity index is 2.48. The Kier molecular flexibility index (Phi) is 4.69. The molecule has 1 aromatic carbocycles. The van der Waals surface area contributed by atoms with Gasteiger partial charge in [-0.3, -0.25) is 0 Å². The van der Waals surface area contributed by atoms with Crippen LogP contribution in [0.4, 0.5) is 5.69 Å². The molecule has 1 rings (SSSR count). The fourth-order valence-corrected chi connectivity index (χ4v) is 1.39. The first kappa shape index (κ1) is 10.4. The van der Waals surface area contributed by atoms with E-state index in [1.54, 1.807) is 0 Å². The predicted molar refractivity (Wildman–Crippen MR) is 59.6 cm³/mol. The molecule has 0 heterocycles. The minimum atomic E-state index is 0.696. The van der Waals surface area contributed by atoms with E-state index in [4.69, 9.17) is 11.6 Å². The predicted octanol–water partition coefficient (Wildman–Crippen LogP) is 3.29. The zero-order valence-electron chi connectivity index (χ0n) is 8.02. The summed E-state index contributed by atoms with van der Waals surface area (Å²) in [5.41, 5.74) is 2.50. The first-order valence-electron chi connectivity index (χ1n) is 4.75. The quantitative estimate of drug-likeness (QED) is 0.715. The molecule has 0 spiro atoms. The second-order valence-corrected chi connectivity index (χ2v) is 3.44. The lowest BCUT2D eigenvalue weighted by atomic mass is 10.1. The zero-order chi connectivity index (χ0) is 9.52. The highest BCUT2D eigenvalue weighted by Gasteiger charge is 1.92. The third-order valence-electron chi connectivity index (χ3n) is 1.92. The van der Waals surface area contributed by atoms with Crippen molar-refractivity contribution >= 4 is 17.3 Å². The summed E-state index contributed by atoms with van der Waals surface area (Å²) in [7, 11) is 0. The maximum Gasteiger partial charge on any atom is 0.0340 e. The van der Waals surface area contributed by atoms with E-state index in [-0.39, 0.29) is 0 Å². The molecule has 0 aliphatic rings. The van der Waals surface area contributed by atoms with Gasteiger partial charge < -0.3 is 5.32 Å². The Bertz CT molecular complexity index is 230. The number of aryl methyl sites for hydroxylation is 1. The van der Waals surface area contributed by atoms with Gasteiger partial charge in [-0.15, -0.1) is 11.6 Å². The molecule has 0 aliphatic carbocycles. The van der Waals surface area contributed by atoms with Crippen LogP contribution in [-0.2, 0) is 6.42 Å². The third kappa shape index (κ3) is 3.69. The normalized spacial score (nSPS) is 10.0. The molecule has 0 atom stereocenters. The summed E-state index contributed by atoms with van der Waals surface area (Å²) >= 11 is 5.64. The summed E-state index contributed by atoms with van der Waals surface area (Å²) in [4.78, 5) is 0. The number of nitrogens with one attached hydrogen (secondary N) is 1. The van der Waals surface area contributed by atoms with Crippen LogP contribution in [0.3, 0.4) is 0 Å². The largest absolute Gasteiger partial charge is 0.385 e. The molecule has 0 aromatic heterocycles. The van der Waals surface area contributed by atoms with Crippen LogP contribution < -0.4 is 5.32 Å². The third-order valence-corrected chi connectivity index (χ3v) is 2.11. The molecule has 0 fully saturated rings. The fourth-order valence-electron chi connectivity index (χ4n) is 1.17. The topological polar surface area (TPSA) is 12.0 Å². The molecular formula is C11H16ClN. The number of rotatable bonds is 5. The molecular weight excluding hydrogens is 182 g/mol. The summed E-state index contributed by atoms with van der Waals surface area (Å²) in [6.45, 7) is 3.20. The minimum absolute atomic E-state index is 0.696. The molecule has 1 N–H and O–H groups in total. The molecule has 0 bridgehead atoms. The Morgan fingerprint density at radius 1 is 1.23 bits per heavy atom. The molecule has 0 amide bonds. The van der Waals surface area contributed by atoms with Crippen LogP contribution in [0.5, 0.6) is 0 Å². The number of hydrogen-bond donors (Lipinski definition) is 1. The monoisotopic (exact) mass is 197 g/mol. The van der Waals surface area contributed by atoms with Crippen molar-refractivity contribution in [3.05, 3.63) is 29.8 Å². The Labute approximate surface area is 85.1 Å². The van der Waals surface area contributed by atoms with Crippen LogP contribution in [0.2, 0.25) is 0 Å². The lowest BCUT2D eigenvalue weighted by Crippen LogP contribution is -1.99. The zero-order valence-corrected chi connectivity index (χ0v) is 8.77. The van der Waals surface area contributed by atoms with Crippen molar-refractivity contribution in [2.75, 3.05) is 17.7 Å². The molecule has 1 nitrogen and oxygen atoms in total.